The van der Waals surface area contributed by atoms with E-state index in [0.29, 0.717) is 19.4 Å². The van der Waals surface area contributed by atoms with Gasteiger partial charge >= 0.3 is 12.0 Å². The van der Waals surface area contributed by atoms with Crippen molar-refractivity contribution >= 4 is 17.9 Å². The van der Waals surface area contributed by atoms with Gasteiger partial charge in [0.25, 0.3) is 0 Å². The third kappa shape index (κ3) is 3.01. The number of hydrogen-bond acceptors (Lipinski definition) is 4. The molecule has 3 unspecified atom stereocenters. The zero-order valence-corrected chi connectivity index (χ0v) is 11.3. The maximum absolute atomic E-state index is 11.9. The number of carboxylic acid groups (broad SMARTS) is 1. The SMILES string of the molecule is CC1(C(=O)O)COCC1NC(=O)NC1CCC(=O)NC1. The Morgan fingerprint density at radius 2 is 2.20 bits per heavy atom. The number of ether oxygens (including phenoxy) is 1. The Balaban J connectivity index is 1.85. The number of piperidine rings is 1. The molecule has 0 aromatic rings. The molecule has 2 aliphatic rings. The molecule has 0 aromatic heterocycles. The molecule has 2 fully saturated rings. The number of nitrogens with one attached hydrogen (secondary N) is 3. The van der Waals surface area contributed by atoms with E-state index in [2.05, 4.69) is 16.0 Å². The third-order valence-electron chi connectivity index (χ3n) is 3.85. The lowest BCUT2D eigenvalue weighted by molar-refractivity contribution is -0.148. The molecule has 2 heterocycles. The summed E-state index contributed by atoms with van der Waals surface area (Å²) in [6.07, 6.45) is 0.959. The molecular weight excluding hydrogens is 266 g/mol. The van der Waals surface area contributed by atoms with Crippen molar-refractivity contribution in [3.8, 4) is 0 Å². The molecule has 0 aromatic carbocycles. The Morgan fingerprint density at radius 1 is 1.45 bits per heavy atom. The summed E-state index contributed by atoms with van der Waals surface area (Å²) >= 11 is 0. The topological polar surface area (TPSA) is 117 Å². The van der Waals surface area contributed by atoms with Crippen LogP contribution in [0, 0.1) is 5.41 Å². The van der Waals surface area contributed by atoms with Gasteiger partial charge in [-0.3, -0.25) is 9.59 Å². The van der Waals surface area contributed by atoms with Crippen molar-refractivity contribution < 1.29 is 24.2 Å². The smallest absolute Gasteiger partial charge is 0.315 e. The van der Waals surface area contributed by atoms with Gasteiger partial charge in [-0.2, -0.15) is 0 Å². The first kappa shape index (κ1) is 14.6. The average molecular weight is 285 g/mol. The maximum Gasteiger partial charge on any atom is 0.315 e. The Morgan fingerprint density at radius 3 is 2.80 bits per heavy atom. The Labute approximate surface area is 116 Å². The molecule has 8 heteroatoms. The highest BCUT2D eigenvalue weighted by atomic mass is 16.5. The van der Waals surface area contributed by atoms with Crippen LogP contribution in [0.15, 0.2) is 0 Å². The van der Waals surface area contributed by atoms with E-state index in [1.165, 1.54) is 0 Å². The normalized spacial score (nSPS) is 33.4. The van der Waals surface area contributed by atoms with E-state index in [0.717, 1.165) is 0 Å². The van der Waals surface area contributed by atoms with Crippen LogP contribution in [0.3, 0.4) is 0 Å². The molecule has 20 heavy (non-hydrogen) atoms. The van der Waals surface area contributed by atoms with Crippen LogP contribution < -0.4 is 16.0 Å². The monoisotopic (exact) mass is 285 g/mol. The average Bonchev–Trinajstić information content (AvgIpc) is 2.75. The molecule has 2 rings (SSSR count). The number of aliphatic carboxylic acids is 1. The minimum absolute atomic E-state index is 0.0221. The lowest BCUT2D eigenvalue weighted by Crippen LogP contribution is -2.56. The van der Waals surface area contributed by atoms with Crippen LogP contribution in [0.5, 0.6) is 0 Å². The molecule has 2 saturated heterocycles. The second-order valence-corrected chi connectivity index (χ2v) is 5.45. The number of urea groups is 1. The number of carbonyl (C=O) groups is 3. The van der Waals surface area contributed by atoms with Crippen molar-refractivity contribution in [1.29, 1.82) is 0 Å². The van der Waals surface area contributed by atoms with Gasteiger partial charge in [-0.15, -0.1) is 0 Å². The van der Waals surface area contributed by atoms with E-state index >= 15 is 0 Å². The van der Waals surface area contributed by atoms with Crippen LogP contribution in [-0.2, 0) is 14.3 Å². The third-order valence-corrected chi connectivity index (χ3v) is 3.85. The van der Waals surface area contributed by atoms with Crippen molar-refractivity contribution in [2.24, 2.45) is 5.41 Å². The molecular formula is C12H19N3O5. The molecule has 0 radical (unpaired) electrons. The maximum atomic E-state index is 11.9. The molecule has 3 amide bonds. The highest BCUT2D eigenvalue weighted by molar-refractivity contribution is 5.80. The van der Waals surface area contributed by atoms with Gasteiger partial charge in [0.2, 0.25) is 5.91 Å². The first-order chi connectivity index (χ1) is 9.41. The van der Waals surface area contributed by atoms with Gasteiger partial charge in [-0.05, 0) is 13.3 Å². The number of carbonyl (C=O) groups excluding carboxylic acids is 2. The highest BCUT2D eigenvalue weighted by Gasteiger charge is 2.47. The van der Waals surface area contributed by atoms with Crippen LogP contribution in [0.25, 0.3) is 0 Å². The minimum Gasteiger partial charge on any atom is -0.481 e. The summed E-state index contributed by atoms with van der Waals surface area (Å²) in [5, 5.41) is 17.2. The molecule has 112 valence electrons. The van der Waals surface area contributed by atoms with Gasteiger partial charge < -0.3 is 25.8 Å². The standard InChI is InChI=1S/C12H19N3O5/c1-12(10(17)18)6-20-5-8(12)15-11(19)14-7-2-3-9(16)13-4-7/h7-8H,2-6H2,1H3,(H,13,16)(H,17,18)(H2,14,15,19). The van der Waals surface area contributed by atoms with Crippen LogP contribution >= 0.6 is 0 Å². The quantitative estimate of drug-likeness (QED) is 0.533. The molecule has 4 N–H and O–H groups in total. The van der Waals surface area contributed by atoms with E-state index in [1.807, 2.05) is 0 Å². The Kier molecular flexibility index (Phi) is 4.12. The molecule has 0 spiro atoms. The van der Waals surface area contributed by atoms with E-state index in [1.54, 1.807) is 6.92 Å². The van der Waals surface area contributed by atoms with E-state index in [-0.39, 0.29) is 25.2 Å². The molecule has 3 atom stereocenters. The van der Waals surface area contributed by atoms with Crippen LogP contribution in [0.4, 0.5) is 4.79 Å². The second kappa shape index (κ2) is 5.66. The molecule has 2 aliphatic heterocycles. The first-order valence-corrected chi connectivity index (χ1v) is 6.56. The van der Waals surface area contributed by atoms with Crippen molar-refractivity contribution in [3.63, 3.8) is 0 Å². The first-order valence-electron chi connectivity index (χ1n) is 6.56. The summed E-state index contributed by atoms with van der Waals surface area (Å²) in [7, 11) is 0. The zero-order valence-electron chi connectivity index (χ0n) is 11.3. The van der Waals surface area contributed by atoms with Crippen LogP contribution in [-0.4, -0.2) is 54.9 Å². The molecule has 0 bridgehead atoms. The van der Waals surface area contributed by atoms with Crippen LogP contribution in [0.2, 0.25) is 0 Å². The fourth-order valence-electron chi connectivity index (χ4n) is 2.33. The summed E-state index contributed by atoms with van der Waals surface area (Å²) in [6, 6.07) is -1.14. The fraction of sp³-hybridized carbons (Fsp3) is 0.750. The number of rotatable bonds is 3. The predicted molar refractivity (Wildman–Crippen MR) is 68.0 cm³/mol. The van der Waals surface area contributed by atoms with Gasteiger partial charge in [-0.1, -0.05) is 0 Å². The molecule has 8 nitrogen and oxygen atoms in total. The van der Waals surface area contributed by atoms with Gasteiger partial charge in [0.1, 0.15) is 5.41 Å². The Hall–Kier alpha value is -1.83. The summed E-state index contributed by atoms with van der Waals surface area (Å²) < 4.78 is 5.16. The van der Waals surface area contributed by atoms with Crippen LogP contribution in [0.1, 0.15) is 19.8 Å². The predicted octanol–water partition coefficient (Wildman–Crippen LogP) is -0.946. The van der Waals surface area contributed by atoms with E-state index in [4.69, 9.17) is 4.74 Å². The van der Waals surface area contributed by atoms with E-state index in [9.17, 15) is 19.5 Å². The van der Waals surface area contributed by atoms with E-state index < -0.39 is 23.5 Å². The summed E-state index contributed by atoms with van der Waals surface area (Å²) in [5.74, 6) is -1.02. The van der Waals surface area contributed by atoms with Crippen molar-refractivity contribution in [1.82, 2.24) is 16.0 Å². The van der Waals surface area contributed by atoms with Crippen molar-refractivity contribution in [2.75, 3.05) is 19.8 Å². The lowest BCUT2D eigenvalue weighted by atomic mass is 9.85. The molecule has 0 saturated carbocycles. The number of amides is 3. The number of hydrogen-bond donors (Lipinski definition) is 4. The summed E-state index contributed by atoms with van der Waals surface area (Å²) in [4.78, 5) is 34.1. The fourth-order valence-corrected chi connectivity index (χ4v) is 2.33. The van der Waals surface area contributed by atoms with Gasteiger partial charge in [-0.25, -0.2) is 4.79 Å². The van der Waals surface area contributed by atoms with Gasteiger partial charge in [0, 0.05) is 19.0 Å². The molecule has 0 aliphatic carbocycles. The summed E-state index contributed by atoms with van der Waals surface area (Å²) in [6.45, 7) is 2.20. The number of carboxylic acids is 1. The second-order valence-electron chi connectivity index (χ2n) is 5.45. The Bertz CT molecular complexity index is 417. The van der Waals surface area contributed by atoms with Gasteiger partial charge in [0.15, 0.2) is 0 Å². The highest BCUT2D eigenvalue weighted by Crippen LogP contribution is 2.28. The minimum atomic E-state index is -1.11. The summed E-state index contributed by atoms with van der Waals surface area (Å²) in [5.41, 5.74) is -1.11. The lowest BCUT2D eigenvalue weighted by Gasteiger charge is -2.28. The van der Waals surface area contributed by atoms with Crippen molar-refractivity contribution in [2.45, 2.75) is 31.8 Å². The van der Waals surface area contributed by atoms with Crippen molar-refractivity contribution in [3.05, 3.63) is 0 Å². The largest absolute Gasteiger partial charge is 0.481 e. The zero-order chi connectivity index (χ0) is 14.8. The van der Waals surface area contributed by atoms with Gasteiger partial charge in [0.05, 0.1) is 19.3 Å².